The number of carbonyl (C=O) groups excluding carboxylic acids is 4. The van der Waals surface area contributed by atoms with E-state index in [9.17, 15) is 43.2 Å². The minimum atomic E-state index is -4.95. The molecule has 0 aromatic rings. The molecule has 0 rings (SSSR count). The molecule has 0 aliphatic rings. The van der Waals surface area contributed by atoms with Gasteiger partial charge in [0.05, 0.1) is 26.4 Å². The van der Waals surface area contributed by atoms with E-state index in [-0.39, 0.29) is 25.7 Å². The van der Waals surface area contributed by atoms with E-state index >= 15 is 0 Å². The van der Waals surface area contributed by atoms with Crippen molar-refractivity contribution in [3.63, 3.8) is 0 Å². The molecule has 19 heteroatoms. The van der Waals surface area contributed by atoms with Crippen molar-refractivity contribution in [2.24, 2.45) is 23.7 Å². The highest BCUT2D eigenvalue weighted by molar-refractivity contribution is 7.47. The van der Waals surface area contributed by atoms with E-state index in [1.807, 2.05) is 0 Å². The van der Waals surface area contributed by atoms with E-state index in [2.05, 4.69) is 55.4 Å². The smallest absolute Gasteiger partial charge is 0.462 e. The first kappa shape index (κ1) is 87.1. The van der Waals surface area contributed by atoms with E-state index in [1.165, 1.54) is 141 Å². The van der Waals surface area contributed by atoms with Crippen LogP contribution < -0.4 is 0 Å². The fourth-order valence-electron chi connectivity index (χ4n) is 10.5. The first-order valence-corrected chi connectivity index (χ1v) is 39.2. The Bertz CT molecular complexity index is 1770. The summed E-state index contributed by atoms with van der Waals surface area (Å²) in [7, 11) is -9.90. The molecule has 0 aliphatic heterocycles. The predicted octanol–water partition coefficient (Wildman–Crippen LogP) is 19.7. The molecule has 0 fully saturated rings. The van der Waals surface area contributed by atoms with Gasteiger partial charge in [0, 0.05) is 25.7 Å². The van der Waals surface area contributed by atoms with Gasteiger partial charge in [0.15, 0.2) is 12.2 Å². The van der Waals surface area contributed by atoms with Crippen LogP contribution in [0.4, 0.5) is 0 Å². The fraction of sp³-hybridized carbons (Fsp3) is 0.943. The number of aliphatic hydroxyl groups excluding tert-OH is 1. The third-order valence-corrected chi connectivity index (χ3v) is 18.3. The molecular weight excluding hydrogens is 1170 g/mol. The van der Waals surface area contributed by atoms with E-state index < -0.39 is 97.5 Å². The Morgan fingerprint density at radius 2 is 0.539 bits per heavy atom. The number of hydrogen-bond acceptors (Lipinski definition) is 15. The van der Waals surface area contributed by atoms with Gasteiger partial charge in [-0.25, -0.2) is 9.13 Å². The Hall–Kier alpha value is -1.94. The number of carbonyl (C=O) groups is 4. The molecule has 0 bridgehead atoms. The van der Waals surface area contributed by atoms with Crippen LogP contribution in [0.1, 0.15) is 344 Å². The summed E-state index contributed by atoms with van der Waals surface area (Å²) in [5, 5.41) is 10.6. The fourth-order valence-corrected chi connectivity index (χ4v) is 12.0. The molecule has 0 spiro atoms. The molecule has 0 radical (unpaired) electrons. The average Bonchev–Trinajstić information content (AvgIpc) is 3.59. The molecule has 0 aliphatic carbocycles. The minimum absolute atomic E-state index is 0.103. The Morgan fingerprint density at radius 1 is 0.315 bits per heavy atom. The molecule has 0 saturated heterocycles. The zero-order chi connectivity index (χ0) is 66.1. The molecule has 0 heterocycles. The summed E-state index contributed by atoms with van der Waals surface area (Å²) in [5.41, 5.74) is 0. The summed E-state index contributed by atoms with van der Waals surface area (Å²) in [6.45, 7) is 14.0. The zero-order valence-electron chi connectivity index (χ0n) is 58.1. The van der Waals surface area contributed by atoms with Gasteiger partial charge in [-0.3, -0.25) is 37.3 Å². The number of esters is 4. The van der Waals surface area contributed by atoms with Crippen LogP contribution in [0.25, 0.3) is 0 Å². The van der Waals surface area contributed by atoms with Crippen LogP contribution in [-0.2, 0) is 65.4 Å². The molecule has 3 N–H and O–H groups in total. The van der Waals surface area contributed by atoms with Crippen LogP contribution in [-0.4, -0.2) is 96.7 Å². The van der Waals surface area contributed by atoms with Gasteiger partial charge < -0.3 is 33.8 Å². The molecule has 0 amide bonds. The Kier molecular flexibility index (Phi) is 58.5. The van der Waals surface area contributed by atoms with Crippen LogP contribution in [0.15, 0.2) is 0 Å². The van der Waals surface area contributed by atoms with Crippen molar-refractivity contribution < 1.29 is 80.2 Å². The second kappa shape index (κ2) is 59.8. The molecule has 17 nitrogen and oxygen atoms in total. The van der Waals surface area contributed by atoms with Crippen LogP contribution >= 0.6 is 15.6 Å². The second-order valence-corrected chi connectivity index (χ2v) is 29.8. The zero-order valence-corrected chi connectivity index (χ0v) is 59.8. The molecule has 0 aromatic carbocycles. The monoisotopic (exact) mass is 1310 g/mol. The van der Waals surface area contributed by atoms with Crippen LogP contribution in [0.5, 0.6) is 0 Å². The number of unbranched alkanes of at least 4 members (excludes halogenated alkanes) is 32. The van der Waals surface area contributed by atoms with Crippen molar-refractivity contribution in [2.45, 2.75) is 363 Å². The lowest BCUT2D eigenvalue weighted by Gasteiger charge is -2.21. The number of phosphoric ester groups is 2. The van der Waals surface area contributed by atoms with E-state index in [1.54, 1.807) is 0 Å². The molecule has 0 aromatic heterocycles. The van der Waals surface area contributed by atoms with Gasteiger partial charge >= 0.3 is 39.5 Å². The van der Waals surface area contributed by atoms with E-state index in [0.717, 1.165) is 120 Å². The first-order chi connectivity index (χ1) is 42.6. The van der Waals surface area contributed by atoms with Crippen molar-refractivity contribution in [1.29, 1.82) is 0 Å². The predicted molar refractivity (Wildman–Crippen MR) is 358 cm³/mol. The third-order valence-electron chi connectivity index (χ3n) is 16.4. The van der Waals surface area contributed by atoms with Crippen molar-refractivity contribution in [1.82, 2.24) is 0 Å². The van der Waals surface area contributed by atoms with Crippen molar-refractivity contribution >= 4 is 39.5 Å². The standard InChI is InChI=1S/C70H136O17P2/c1-9-63(8)49-41-33-28-29-35-43-51-68(73)81-57-66(87-70(75)53-45-37-27-21-19-24-32-40-48-62(6)7)59-85-89(78,79)83-55-64(71)54-82-88(76,77)84-58-65(86-69(74)52-44-36-26-20-18-23-31-39-47-61(4)5)56-80-67(72)50-42-34-25-17-15-13-11-10-12-14-16-22-30-38-46-60(2)3/h60-66,71H,9-59H2,1-8H3,(H,76,77)(H,78,79)/t63?,64-,65-,66-/m1/s1. The topological polar surface area (TPSA) is 237 Å². The number of aliphatic hydroxyl groups is 1. The van der Waals surface area contributed by atoms with Gasteiger partial charge in [0.2, 0.25) is 0 Å². The summed E-state index contributed by atoms with van der Waals surface area (Å²) in [6, 6.07) is 0. The van der Waals surface area contributed by atoms with Gasteiger partial charge in [-0.15, -0.1) is 0 Å². The summed E-state index contributed by atoms with van der Waals surface area (Å²) >= 11 is 0. The molecular formula is C70H136O17P2. The largest absolute Gasteiger partial charge is 0.472 e. The molecule has 6 atom stereocenters. The van der Waals surface area contributed by atoms with E-state index in [4.69, 9.17) is 37.0 Å². The molecule has 3 unspecified atom stereocenters. The lowest BCUT2D eigenvalue weighted by atomic mass is 10.00. The van der Waals surface area contributed by atoms with Gasteiger partial charge in [0.1, 0.15) is 19.3 Å². The third kappa shape index (κ3) is 63.2. The summed E-state index contributed by atoms with van der Waals surface area (Å²) in [6.07, 6.45) is 41.8. The molecule has 89 heavy (non-hydrogen) atoms. The van der Waals surface area contributed by atoms with Crippen molar-refractivity contribution in [3.05, 3.63) is 0 Å². The highest BCUT2D eigenvalue weighted by Gasteiger charge is 2.30. The highest BCUT2D eigenvalue weighted by atomic mass is 31.2. The van der Waals surface area contributed by atoms with Crippen LogP contribution in [0, 0.1) is 23.7 Å². The number of phosphoric acid groups is 2. The summed E-state index contributed by atoms with van der Waals surface area (Å²) in [4.78, 5) is 72.5. The van der Waals surface area contributed by atoms with Gasteiger partial charge in [-0.1, -0.05) is 293 Å². The molecule has 528 valence electrons. The first-order valence-electron chi connectivity index (χ1n) is 36.2. The SMILES string of the molecule is CCC(C)CCCCCCCCC(=O)OC[C@H](COP(=O)(O)OC[C@H](O)COP(=O)(O)OC[C@@H](COC(=O)CCCCCCCCCCCCCCCCC(C)C)OC(=O)CCCCCCCCCCC(C)C)OC(=O)CCCCCCCCCCC(C)C. The quantitative estimate of drug-likeness (QED) is 0.0222. The van der Waals surface area contributed by atoms with Crippen molar-refractivity contribution in [3.8, 4) is 0 Å². The van der Waals surface area contributed by atoms with Crippen LogP contribution in [0.3, 0.4) is 0 Å². The lowest BCUT2D eigenvalue weighted by Crippen LogP contribution is -2.30. The Morgan fingerprint density at radius 3 is 0.798 bits per heavy atom. The Balaban J connectivity index is 5.22. The van der Waals surface area contributed by atoms with Gasteiger partial charge in [-0.05, 0) is 49.4 Å². The maximum absolute atomic E-state index is 13.0. The van der Waals surface area contributed by atoms with Crippen molar-refractivity contribution in [2.75, 3.05) is 39.6 Å². The Labute approximate surface area is 543 Å². The van der Waals surface area contributed by atoms with Crippen LogP contribution in [0.2, 0.25) is 0 Å². The minimum Gasteiger partial charge on any atom is -0.462 e. The number of hydrogen-bond donors (Lipinski definition) is 3. The normalized spacial score (nSPS) is 14.6. The maximum Gasteiger partial charge on any atom is 0.472 e. The van der Waals surface area contributed by atoms with E-state index in [0.29, 0.717) is 25.7 Å². The second-order valence-electron chi connectivity index (χ2n) is 26.9. The maximum atomic E-state index is 13.0. The summed E-state index contributed by atoms with van der Waals surface area (Å²) < 4.78 is 68.2. The average molecular weight is 1310 g/mol. The number of rotatable bonds is 67. The number of ether oxygens (including phenoxy) is 4. The summed E-state index contributed by atoms with van der Waals surface area (Å²) in [5.74, 6) is 0.833. The van der Waals surface area contributed by atoms with Gasteiger partial charge in [0.25, 0.3) is 0 Å². The lowest BCUT2D eigenvalue weighted by molar-refractivity contribution is -0.161. The van der Waals surface area contributed by atoms with Gasteiger partial charge in [-0.2, -0.15) is 0 Å². The molecule has 0 saturated carbocycles. The highest BCUT2D eigenvalue weighted by Crippen LogP contribution is 2.45.